The summed E-state index contributed by atoms with van der Waals surface area (Å²) in [4.78, 5) is 25.6. The number of methoxy groups -OCH3 is 1. The van der Waals surface area contributed by atoms with Crippen molar-refractivity contribution in [3.63, 3.8) is 0 Å². The molecule has 1 N–H and O–H groups in total. The van der Waals surface area contributed by atoms with E-state index in [-0.39, 0.29) is 11.7 Å². The van der Waals surface area contributed by atoms with Gasteiger partial charge < -0.3 is 10.1 Å². The third-order valence-electron chi connectivity index (χ3n) is 6.54. The third kappa shape index (κ3) is 1.97. The molecule has 2 aliphatic carbocycles. The molecule has 24 heavy (non-hydrogen) atoms. The second-order valence-electron chi connectivity index (χ2n) is 7.45. The number of amides is 1. The van der Waals surface area contributed by atoms with Crippen LogP contribution in [0.2, 0.25) is 5.02 Å². The van der Waals surface area contributed by atoms with Gasteiger partial charge in [0.05, 0.1) is 23.0 Å². The van der Waals surface area contributed by atoms with Gasteiger partial charge >= 0.3 is 0 Å². The van der Waals surface area contributed by atoms with E-state index in [1.54, 1.807) is 25.3 Å². The molecule has 0 radical (unpaired) electrons. The van der Waals surface area contributed by atoms with Crippen molar-refractivity contribution < 1.29 is 14.3 Å². The Morgan fingerprint density at radius 3 is 2.54 bits per heavy atom. The standard InChI is InChI=1S/C18H21BrClNO3/c1-16(2)17(3)7-8-18(16,13(19)14(17)22)15(23)21-11-9-10(20)5-6-12(11)24-4/h5-6,9,13H,7-8H2,1-4H3,(H,21,23). The van der Waals surface area contributed by atoms with Crippen molar-refractivity contribution in [1.29, 1.82) is 0 Å². The minimum Gasteiger partial charge on any atom is -0.495 e. The van der Waals surface area contributed by atoms with Crippen LogP contribution in [0.15, 0.2) is 18.2 Å². The Morgan fingerprint density at radius 2 is 2.00 bits per heavy atom. The van der Waals surface area contributed by atoms with Gasteiger partial charge in [0.2, 0.25) is 5.91 Å². The van der Waals surface area contributed by atoms with E-state index in [4.69, 9.17) is 16.3 Å². The zero-order valence-corrected chi connectivity index (χ0v) is 16.5. The number of benzene rings is 1. The molecular weight excluding hydrogens is 394 g/mol. The number of nitrogens with one attached hydrogen (secondary N) is 1. The minimum atomic E-state index is -0.786. The fourth-order valence-corrected chi connectivity index (χ4v) is 6.15. The topological polar surface area (TPSA) is 55.4 Å². The zero-order valence-electron chi connectivity index (χ0n) is 14.2. The van der Waals surface area contributed by atoms with Crippen LogP contribution in [-0.4, -0.2) is 23.6 Å². The van der Waals surface area contributed by atoms with E-state index in [0.29, 0.717) is 22.9 Å². The van der Waals surface area contributed by atoms with Crippen LogP contribution in [0.1, 0.15) is 33.6 Å². The summed E-state index contributed by atoms with van der Waals surface area (Å²) in [7, 11) is 1.54. The Kier molecular flexibility index (Phi) is 4.04. The van der Waals surface area contributed by atoms with Crippen molar-refractivity contribution >= 4 is 44.9 Å². The molecule has 2 fully saturated rings. The lowest BCUT2D eigenvalue weighted by Gasteiger charge is -2.39. The lowest BCUT2D eigenvalue weighted by Crippen LogP contribution is -2.48. The number of hydrogen-bond acceptors (Lipinski definition) is 3. The Hall–Kier alpha value is -1.07. The van der Waals surface area contributed by atoms with Crippen molar-refractivity contribution in [2.45, 2.75) is 38.4 Å². The Morgan fingerprint density at radius 1 is 1.33 bits per heavy atom. The normalized spacial score (nSPS) is 33.6. The average molecular weight is 415 g/mol. The number of carbonyl (C=O) groups excluding carboxylic acids is 2. The Bertz CT molecular complexity index is 735. The number of Topliss-reactive ketones (excluding diaryl/α,β-unsaturated/α-hetero) is 1. The van der Waals surface area contributed by atoms with E-state index < -0.39 is 21.1 Å². The highest BCUT2D eigenvalue weighted by atomic mass is 79.9. The number of alkyl halides is 1. The van der Waals surface area contributed by atoms with E-state index in [9.17, 15) is 9.59 Å². The van der Waals surface area contributed by atoms with Gasteiger partial charge in [-0.15, -0.1) is 0 Å². The summed E-state index contributed by atoms with van der Waals surface area (Å²) in [6, 6.07) is 5.08. The second-order valence-corrected chi connectivity index (χ2v) is 8.81. The molecule has 3 unspecified atom stereocenters. The molecule has 1 aromatic rings. The predicted octanol–water partition coefficient (Wildman–Crippen LogP) is 4.45. The number of halogens is 2. The molecule has 3 atom stereocenters. The molecule has 2 bridgehead atoms. The van der Waals surface area contributed by atoms with Gasteiger partial charge in [-0.05, 0) is 36.5 Å². The van der Waals surface area contributed by atoms with Gasteiger partial charge in [-0.2, -0.15) is 0 Å². The van der Waals surface area contributed by atoms with Gasteiger partial charge in [0, 0.05) is 10.4 Å². The molecule has 0 aromatic heterocycles. The summed E-state index contributed by atoms with van der Waals surface area (Å²) in [6.45, 7) is 6.02. The second kappa shape index (κ2) is 5.46. The number of ketones is 1. The quantitative estimate of drug-likeness (QED) is 0.744. The maximum atomic E-state index is 13.3. The number of carbonyl (C=O) groups is 2. The summed E-state index contributed by atoms with van der Waals surface area (Å²) in [6.07, 6.45) is 1.40. The minimum absolute atomic E-state index is 0.118. The highest BCUT2D eigenvalue weighted by molar-refractivity contribution is 9.10. The molecule has 6 heteroatoms. The SMILES string of the molecule is COc1ccc(Cl)cc1NC(=O)C12CCC(C)(C(=O)C1Br)C2(C)C. The zero-order chi connectivity index (χ0) is 17.9. The molecule has 0 spiro atoms. The van der Waals surface area contributed by atoms with Crippen LogP contribution in [0.4, 0.5) is 5.69 Å². The molecular formula is C18H21BrClNO3. The smallest absolute Gasteiger partial charge is 0.232 e. The molecule has 1 amide bonds. The van der Waals surface area contributed by atoms with Gasteiger partial charge in [-0.3, -0.25) is 9.59 Å². The first kappa shape index (κ1) is 17.7. The van der Waals surface area contributed by atoms with Gasteiger partial charge in [0.1, 0.15) is 5.75 Å². The van der Waals surface area contributed by atoms with Crippen molar-refractivity contribution in [3.8, 4) is 5.75 Å². The molecule has 2 aliphatic rings. The number of ether oxygens (including phenoxy) is 1. The average Bonchev–Trinajstić information content (AvgIpc) is 2.79. The van der Waals surface area contributed by atoms with E-state index >= 15 is 0 Å². The summed E-state index contributed by atoms with van der Waals surface area (Å²) >= 11 is 9.58. The van der Waals surface area contributed by atoms with Crippen LogP contribution < -0.4 is 10.1 Å². The first-order valence-corrected chi connectivity index (χ1v) is 9.24. The maximum absolute atomic E-state index is 13.3. The van der Waals surface area contributed by atoms with Crippen molar-refractivity contribution in [2.24, 2.45) is 16.2 Å². The van der Waals surface area contributed by atoms with Crippen molar-refractivity contribution in [1.82, 2.24) is 0 Å². The molecule has 0 heterocycles. The number of hydrogen-bond donors (Lipinski definition) is 1. The van der Waals surface area contributed by atoms with E-state index in [0.717, 1.165) is 6.42 Å². The van der Waals surface area contributed by atoms with Crippen LogP contribution in [0.3, 0.4) is 0 Å². The first-order chi connectivity index (χ1) is 11.1. The maximum Gasteiger partial charge on any atom is 0.232 e. The monoisotopic (exact) mass is 413 g/mol. The van der Waals surface area contributed by atoms with Crippen LogP contribution in [0.5, 0.6) is 5.75 Å². The van der Waals surface area contributed by atoms with Crippen LogP contribution in [-0.2, 0) is 9.59 Å². The van der Waals surface area contributed by atoms with Gasteiger partial charge in [0.25, 0.3) is 0 Å². The highest BCUT2D eigenvalue weighted by Crippen LogP contribution is 2.72. The van der Waals surface area contributed by atoms with Crippen molar-refractivity contribution in [3.05, 3.63) is 23.2 Å². The largest absolute Gasteiger partial charge is 0.495 e. The third-order valence-corrected chi connectivity index (χ3v) is 7.97. The summed E-state index contributed by atoms with van der Waals surface area (Å²) in [5, 5.41) is 3.47. The van der Waals surface area contributed by atoms with E-state index in [2.05, 4.69) is 21.2 Å². The van der Waals surface area contributed by atoms with E-state index in [1.165, 1.54) is 0 Å². The number of rotatable bonds is 3. The van der Waals surface area contributed by atoms with Gasteiger partial charge in [-0.1, -0.05) is 48.3 Å². The summed E-state index contributed by atoms with van der Waals surface area (Å²) in [5.41, 5.74) is -1.20. The predicted molar refractivity (Wildman–Crippen MR) is 97.9 cm³/mol. The van der Waals surface area contributed by atoms with Gasteiger partial charge in [0.15, 0.2) is 5.78 Å². The molecule has 2 saturated carbocycles. The molecule has 3 rings (SSSR count). The van der Waals surface area contributed by atoms with Crippen LogP contribution >= 0.6 is 27.5 Å². The number of anilines is 1. The fraction of sp³-hybridized carbons (Fsp3) is 0.556. The lowest BCUT2D eigenvalue weighted by atomic mass is 9.64. The summed E-state index contributed by atoms with van der Waals surface area (Å²) < 4.78 is 5.31. The van der Waals surface area contributed by atoms with Crippen LogP contribution in [0.25, 0.3) is 0 Å². The molecule has 1 aromatic carbocycles. The van der Waals surface area contributed by atoms with E-state index in [1.807, 2.05) is 20.8 Å². The van der Waals surface area contributed by atoms with Crippen LogP contribution in [0, 0.1) is 16.2 Å². The molecule has 130 valence electrons. The highest BCUT2D eigenvalue weighted by Gasteiger charge is 2.76. The fourth-order valence-electron chi connectivity index (χ4n) is 4.47. The number of fused-ring (bicyclic) bond motifs is 2. The molecule has 4 nitrogen and oxygen atoms in total. The van der Waals surface area contributed by atoms with Crippen molar-refractivity contribution in [2.75, 3.05) is 12.4 Å². The Labute approximate surface area is 155 Å². The van der Waals surface area contributed by atoms with Gasteiger partial charge in [-0.25, -0.2) is 0 Å². The Balaban J connectivity index is 2.02. The lowest BCUT2D eigenvalue weighted by molar-refractivity contribution is -0.130. The summed E-state index contributed by atoms with van der Waals surface area (Å²) in [5.74, 6) is 0.495. The molecule has 0 saturated heterocycles. The molecule has 0 aliphatic heterocycles. The first-order valence-electron chi connectivity index (χ1n) is 7.95.